The van der Waals surface area contributed by atoms with Crippen molar-refractivity contribution in [3.05, 3.63) is 47.1 Å². The third-order valence-electron chi connectivity index (χ3n) is 4.19. The molecule has 0 spiro atoms. The van der Waals surface area contributed by atoms with Crippen LogP contribution in [0, 0.1) is 6.92 Å². The lowest BCUT2D eigenvalue weighted by atomic mass is 10.1. The second-order valence-corrected chi connectivity index (χ2v) is 6.59. The second-order valence-electron chi connectivity index (χ2n) is 6.16. The van der Waals surface area contributed by atoms with Crippen molar-refractivity contribution in [3.63, 3.8) is 0 Å². The molecule has 3 heterocycles. The zero-order valence-corrected chi connectivity index (χ0v) is 15.2. The van der Waals surface area contributed by atoms with Gasteiger partial charge < -0.3 is 14.1 Å². The fourth-order valence-corrected chi connectivity index (χ4v) is 3.06. The number of aryl methyl sites for hydroxylation is 2. The van der Waals surface area contributed by atoms with Gasteiger partial charge in [0.25, 0.3) is 0 Å². The van der Waals surface area contributed by atoms with Crippen molar-refractivity contribution < 1.29 is 9.15 Å². The molecule has 0 amide bonds. The Bertz CT molecular complexity index is 927. The molecule has 1 aromatic carbocycles. The maximum Gasteiger partial charge on any atom is 0.245 e. The van der Waals surface area contributed by atoms with Crippen LogP contribution in [0.4, 0.5) is 0 Å². The summed E-state index contributed by atoms with van der Waals surface area (Å²) in [6.07, 6.45) is 4.17. The van der Waals surface area contributed by atoms with Gasteiger partial charge >= 0.3 is 0 Å². The fraction of sp³-hybridized carbons (Fsp3) is 0.316. The zero-order valence-electron chi connectivity index (χ0n) is 14.5. The van der Waals surface area contributed by atoms with Crippen LogP contribution in [0.3, 0.4) is 0 Å². The van der Waals surface area contributed by atoms with E-state index in [1.165, 1.54) is 0 Å². The Balaban J connectivity index is 1.61. The summed E-state index contributed by atoms with van der Waals surface area (Å²) in [5, 5.41) is 0.694. The van der Waals surface area contributed by atoms with E-state index in [-0.39, 0.29) is 0 Å². The molecule has 6 nitrogen and oxygen atoms in total. The van der Waals surface area contributed by atoms with Gasteiger partial charge in [-0.25, -0.2) is 9.97 Å². The molecule has 4 rings (SSSR count). The lowest BCUT2D eigenvalue weighted by Gasteiger charge is -2.03. The quantitative estimate of drug-likeness (QED) is 0.695. The minimum Gasteiger partial charge on any atom is -0.479 e. The van der Waals surface area contributed by atoms with Gasteiger partial charge in [-0.15, -0.1) is 0 Å². The van der Waals surface area contributed by atoms with Crippen LogP contribution in [0.15, 0.2) is 39.9 Å². The van der Waals surface area contributed by atoms with Gasteiger partial charge in [0.05, 0.1) is 12.7 Å². The van der Waals surface area contributed by atoms with Gasteiger partial charge in [0, 0.05) is 23.4 Å². The Labute approximate surface area is 156 Å². The molecule has 1 N–H and O–H groups in total. The van der Waals surface area contributed by atoms with Gasteiger partial charge in [-0.05, 0) is 25.5 Å². The van der Waals surface area contributed by atoms with Crippen molar-refractivity contribution in [2.75, 3.05) is 13.2 Å². The maximum absolute atomic E-state index is 6.07. The number of hydrogen-bond donors (Lipinski definition) is 1. The number of rotatable bonds is 6. The first-order chi connectivity index (χ1) is 12.7. The molecule has 0 unspecified atom stereocenters. The predicted octanol–water partition coefficient (Wildman–Crippen LogP) is 4.44. The van der Waals surface area contributed by atoms with Crippen LogP contribution in [-0.2, 0) is 11.2 Å². The second kappa shape index (κ2) is 7.33. The SMILES string of the molecule is Cc1ncc(-c2nc(-c3ccc(Cl)cc3)c(CCCC3=NCCO3)o2)[nH]1. The van der Waals surface area contributed by atoms with Crippen molar-refractivity contribution >= 4 is 17.5 Å². The number of aromatic amines is 1. The van der Waals surface area contributed by atoms with Crippen LogP contribution in [0.25, 0.3) is 22.8 Å². The van der Waals surface area contributed by atoms with Gasteiger partial charge in [-0.2, -0.15) is 0 Å². The van der Waals surface area contributed by atoms with E-state index >= 15 is 0 Å². The van der Waals surface area contributed by atoms with Gasteiger partial charge in [-0.1, -0.05) is 23.7 Å². The monoisotopic (exact) mass is 370 g/mol. The first-order valence-electron chi connectivity index (χ1n) is 8.63. The van der Waals surface area contributed by atoms with Gasteiger partial charge in [0.1, 0.15) is 29.6 Å². The summed E-state index contributed by atoms with van der Waals surface area (Å²) < 4.78 is 11.5. The molecule has 7 heteroatoms. The molecule has 134 valence electrons. The van der Waals surface area contributed by atoms with Gasteiger partial charge in [0.2, 0.25) is 5.89 Å². The van der Waals surface area contributed by atoms with E-state index in [2.05, 4.69) is 15.0 Å². The minimum atomic E-state index is 0.542. The number of aliphatic imine (C=N–C) groups is 1. The highest BCUT2D eigenvalue weighted by atomic mass is 35.5. The van der Waals surface area contributed by atoms with Crippen molar-refractivity contribution in [1.29, 1.82) is 0 Å². The van der Waals surface area contributed by atoms with Crippen LogP contribution in [0.5, 0.6) is 0 Å². The number of nitrogens with one attached hydrogen (secondary N) is 1. The van der Waals surface area contributed by atoms with E-state index in [1.54, 1.807) is 6.20 Å². The van der Waals surface area contributed by atoms with Crippen LogP contribution in [0.2, 0.25) is 5.02 Å². The lowest BCUT2D eigenvalue weighted by Crippen LogP contribution is -1.99. The Morgan fingerprint density at radius 1 is 1.19 bits per heavy atom. The van der Waals surface area contributed by atoms with E-state index in [0.29, 0.717) is 17.5 Å². The van der Waals surface area contributed by atoms with Gasteiger partial charge in [-0.3, -0.25) is 4.99 Å². The third kappa shape index (κ3) is 3.65. The number of halogens is 1. The normalized spacial score (nSPS) is 13.7. The first-order valence-corrected chi connectivity index (χ1v) is 9.00. The number of oxazole rings is 1. The molecule has 0 fully saturated rings. The van der Waals surface area contributed by atoms with Crippen molar-refractivity contribution in [1.82, 2.24) is 15.0 Å². The van der Waals surface area contributed by atoms with Crippen LogP contribution in [-0.4, -0.2) is 34.0 Å². The molecule has 0 saturated heterocycles. The summed E-state index contributed by atoms with van der Waals surface area (Å²) in [6.45, 7) is 3.35. The minimum absolute atomic E-state index is 0.542. The van der Waals surface area contributed by atoms with Crippen LogP contribution < -0.4 is 0 Å². The topological polar surface area (TPSA) is 76.3 Å². The highest BCUT2D eigenvalue weighted by molar-refractivity contribution is 6.30. The van der Waals surface area contributed by atoms with E-state index in [0.717, 1.165) is 60.2 Å². The molecule has 0 radical (unpaired) electrons. The Hall–Kier alpha value is -2.60. The van der Waals surface area contributed by atoms with Crippen molar-refractivity contribution in [2.45, 2.75) is 26.2 Å². The van der Waals surface area contributed by atoms with Crippen molar-refractivity contribution in [2.24, 2.45) is 4.99 Å². The smallest absolute Gasteiger partial charge is 0.245 e. The average molecular weight is 371 g/mol. The molecule has 1 aliphatic rings. The Morgan fingerprint density at radius 2 is 2.04 bits per heavy atom. The van der Waals surface area contributed by atoms with E-state index in [4.69, 9.17) is 25.7 Å². The summed E-state index contributed by atoms with van der Waals surface area (Å²) in [5.74, 6) is 3.04. The van der Waals surface area contributed by atoms with E-state index < -0.39 is 0 Å². The summed E-state index contributed by atoms with van der Waals surface area (Å²) >= 11 is 6.01. The largest absolute Gasteiger partial charge is 0.479 e. The molecule has 0 atom stereocenters. The highest BCUT2D eigenvalue weighted by Gasteiger charge is 2.18. The molecule has 0 bridgehead atoms. The molecule has 26 heavy (non-hydrogen) atoms. The summed E-state index contributed by atoms with van der Waals surface area (Å²) in [7, 11) is 0. The van der Waals surface area contributed by atoms with Crippen LogP contribution in [0.1, 0.15) is 24.4 Å². The zero-order chi connectivity index (χ0) is 17.9. The van der Waals surface area contributed by atoms with Gasteiger partial charge in [0.15, 0.2) is 5.90 Å². The standard InChI is InChI=1S/C19H19ClN4O2/c1-12-22-11-15(23-12)19-24-18(13-5-7-14(20)8-6-13)16(26-19)3-2-4-17-21-9-10-25-17/h5-8,11H,2-4,9-10H2,1H3,(H,22,23). The lowest BCUT2D eigenvalue weighted by molar-refractivity contribution is 0.336. The molecule has 0 aliphatic carbocycles. The fourth-order valence-electron chi connectivity index (χ4n) is 2.93. The number of imidazole rings is 1. The number of H-pyrrole nitrogens is 1. The average Bonchev–Trinajstić information content (AvgIpc) is 3.37. The predicted molar refractivity (Wildman–Crippen MR) is 100 cm³/mol. The summed E-state index contributed by atoms with van der Waals surface area (Å²) in [4.78, 5) is 16.4. The first kappa shape index (κ1) is 16.8. The Kier molecular flexibility index (Phi) is 4.75. The van der Waals surface area contributed by atoms with Crippen molar-refractivity contribution in [3.8, 4) is 22.8 Å². The number of hydrogen-bond acceptors (Lipinski definition) is 5. The molecule has 2 aromatic heterocycles. The van der Waals surface area contributed by atoms with E-state index in [9.17, 15) is 0 Å². The molecule has 0 saturated carbocycles. The van der Waals surface area contributed by atoms with E-state index in [1.807, 2.05) is 31.2 Å². The number of benzene rings is 1. The molecule has 1 aliphatic heterocycles. The molecular weight excluding hydrogens is 352 g/mol. The number of nitrogens with zero attached hydrogens (tertiary/aromatic N) is 3. The summed E-state index contributed by atoms with van der Waals surface area (Å²) in [5.41, 5.74) is 2.58. The molecule has 3 aromatic rings. The number of aromatic nitrogens is 3. The summed E-state index contributed by atoms with van der Waals surface area (Å²) in [6, 6.07) is 7.62. The highest BCUT2D eigenvalue weighted by Crippen LogP contribution is 2.30. The van der Waals surface area contributed by atoms with Crippen LogP contribution >= 0.6 is 11.6 Å². The molecular formula is C19H19ClN4O2. The number of ether oxygens (including phenoxy) is 1. The maximum atomic E-state index is 6.07. The Morgan fingerprint density at radius 3 is 2.73 bits per heavy atom. The third-order valence-corrected chi connectivity index (χ3v) is 4.44.